The maximum Gasteiger partial charge on any atom is 0.414 e. The Balaban J connectivity index is 1.28. The van der Waals surface area contributed by atoms with Crippen LogP contribution in [0.4, 0.5) is 20.6 Å². The average Bonchev–Trinajstić information content (AvgIpc) is 3.69. The average molecular weight is 642 g/mol. The van der Waals surface area contributed by atoms with E-state index in [0.29, 0.717) is 36.4 Å². The highest BCUT2D eigenvalue weighted by molar-refractivity contribution is 6.08. The Morgan fingerprint density at radius 1 is 1.04 bits per heavy atom. The molecule has 0 saturated carbocycles. The number of amides is 3. The Hall–Kier alpha value is -4.28. The summed E-state index contributed by atoms with van der Waals surface area (Å²) < 4.78 is 28.4. The number of fused-ring (bicyclic) bond motifs is 3. The van der Waals surface area contributed by atoms with Crippen LogP contribution in [0.1, 0.15) is 49.4 Å². The van der Waals surface area contributed by atoms with Gasteiger partial charge in [0.15, 0.2) is 5.60 Å². The van der Waals surface area contributed by atoms with Crippen LogP contribution in [-0.2, 0) is 44.2 Å². The minimum atomic E-state index is -1.80. The molecule has 10 heteroatoms. The second-order valence-electron chi connectivity index (χ2n) is 13.7. The van der Waals surface area contributed by atoms with Crippen molar-refractivity contribution < 1.29 is 33.4 Å². The van der Waals surface area contributed by atoms with Crippen molar-refractivity contribution in [1.82, 2.24) is 4.90 Å². The van der Waals surface area contributed by atoms with Crippen molar-refractivity contribution in [3.05, 3.63) is 95.1 Å². The molecule has 4 aliphatic heterocycles. The molecule has 47 heavy (non-hydrogen) atoms. The van der Waals surface area contributed by atoms with Crippen LogP contribution in [0.25, 0.3) is 0 Å². The number of alkyl halides is 1. The van der Waals surface area contributed by atoms with Crippen molar-refractivity contribution in [3.63, 3.8) is 0 Å². The first kappa shape index (κ1) is 31.3. The number of hydrogen-bond acceptors (Lipinski definition) is 6. The van der Waals surface area contributed by atoms with Crippen LogP contribution in [0.15, 0.2) is 72.8 Å². The number of ether oxygens (including phenoxy) is 2. The van der Waals surface area contributed by atoms with Crippen LogP contribution in [-0.4, -0.2) is 65.5 Å². The summed E-state index contributed by atoms with van der Waals surface area (Å²) in [5, 5.41) is 10.2. The van der Waals surface area contributed by atoms with E-state index in [9.17, 15) is 19.5 Å². The number of rotatable bonds is 7. The molecule has 3 aromatic carbocycles. The standard InChI is InChI=1S/C37H40FN3O6/c1-23-33(36(2,3)38)31(19-32(43)40-21-26-12-8-7-11-25(26)17-28(40)22-42)47-37(23)29-18-27(39-15-16-46-35(39)45)13-14-30(29)41(34(37)44)20-24-9-5-4-6-10-24/h4-14,18,23,28,31,33,42H,15-17,19-22H2,1-3H3/t23-,28-,31+,33-,37+/m0/s1. The number of aliphatic hydroxyl groups excluding tert-OH is 1. The number of cyclic esters (lactones) is 1. The van der Waals surface area contributed by atoms with Gasteiger partial charge in [0.25, 0.3) is 5.91 Å². The zero-order chi connectivity index (χ0) is 33.1. The van der Waals surface area contributed by atoms with Gasteiger partial charge in [-0.05, 0) is 55.2 Å². The second kappa shape index (κ2) is 11.8. The van der Waals surface area contributed by atoms with Crippen molar-refractivity contribution >= 4 is 29.3 Å². The number of carbonyl (C=O) groups is 3. The molecule has 9 nitrogen and oxygen atoms in total. The molecule has 2 fully saturated rings. The van der Waals surface area contributed by atoms with Crippen LogP contribution in [0.2, 0.25) is 0 Å². The monoisotopic (exact) mass is 641 g/mol. The minimum absolute atomic E-state index is 0.151. The van der Waals surface area contributed by atoms with Crippen LogP contribution in [0.5, 0.6) is 0 Å². The number of anilines is 2. The lowest BCUT2D eigenvalue weighted by molar-refractivity contribution is -0.151. The van der Waals surface area contributed by atoms with Crippen LogP contribution in [0, 0.1) is 11.8 Å². The maximum atomic E-state index is 16.3. The predicted octanol–water partition coefficient (Wildman–Crippen LogP) is 5.12. The molecule has 0 unspecified atom stereocenters. The molecular formula is C37H40FN3O6. The van der Waals surface area contributed by atoms with Gasteiger partial charge in [-0.3, -0.25) is 14.5 Å². The second-order valence-corrected chi connectivity index (χ2v) is 13.7. The van der Waals surface area contributed by atoms with Gasteiger partial charge in [0, 0.05) is 29.6 Å². The van der Waals surface area contributed by atoms with Crippen LogP contribution in [0.3, 0.4) is 0 Å². The molecule has 0 bridgehead atoms. The molecule has 5 atom stereocenters. The fourth-order valence-corrected chi connectivity index (χ4v) is 8.29. The van der Waals surface area contributed by atoms with E-state index < -0.39 is 41.3 Å². The van der Waals surface area contributed by atoms with E-state index in [-0.39, 0.29) is 38.0 Å². The van der Waals surface area contributed by atoms with Gasteiger partial charge >= 0.3 is 6.09 Å². The lowest BCUT2D eigenvalue weighted by atomic mass is 9.71. The Kier molecular flexibility index (Phi) is 7.83. The van der Waals surface area contributed by atoms with Gasteiger partial charge in [0.05, 0.1) is 44.0 Å². The SMILES string of the molecule is C[C@H]1[C@H](C(C)(C)F)[C@@H](CC(=O)N2Cc3ccccc3C[C@H]2CO)O[C@]12C(=O)N(Cc1ccccc1)c1ccc(N3CCOC3=O)cc12. The number of carbonyl (C=O) groups excluding carboxylic acids is 3. The fourth-order valence-electron chi connectivity index (χ4n) is 8.29. The van der Waals surface area contributed by atoms with Crippen LogP contribution < -0.4 is 9.80 Å². The van der Waals surface area contributed by atoms with E-state index in [1.54, 1.807) is 21.9 Å². The number of benzene rings is 3. The number of halogens is 1. The highest BCUT2D eigenvalue weighted by Crippen LogP contribution is 2.59. The highest BCUT2D eigenvalue weighted by Gasteiger charge is 2.66. The van der Waals surface area contributed by atoms with E-state index in [4.69, 9.17) is 9.47 Å². The summed E-state index contributed by atoms with van der Waals surface area (Å²) in [6, 6.07) is 22.4. The van der Waals surface area contributed by atoms with E-state index in [0.717, 1.165) is 16.7 Å². The van der Waals surface area contributed by atoms with Crippen LogP contribution >= 0.6 is 0 Å². The molecule has 3 amide bonds. The lowest BCUT2D eigenvalue weighted by Crippen LogP contribution is -2.48. The molecule has 246 valence electrons. The first-order chi connectivity index (χ1) is 22.5. The summed E-state index contributed by atoms with van der Waals surface area (Å²) >= 11 is 0. The molecule has 3 aromatic rings. The van der Waals surface area contributed by atoms with Gasteiger partial charge in [-0.15, -0.1) is 0 Å². The van der Waals surface area contributed by atoms with Gasteiger partial charge in [-0.2, -0.15) is 0 Å². The Bertz CT molecular complexity index is 1710. The van der Waals surface area contributed by atoms with E-state index in [1.807, 2.05) is 67.6 Å². The minimum Gasteiger partial charge on any atom is -0.447 e. The quantitative estimate of drug-likeness (QED) is 0.385. The Labute approximate surface area is 273 Å². The largest absolute Gasteiger partial charge is 0.447 e. The van der Waals surface area contributed by atoms with E-state index in [1.165, 1.54) is 18.7 Å². The molecule has 0 radical (unpaired) electrons. The summed E-state index contributed by atoms with van der Waals surface area (Å²) in [6.45, 7) is 5.80. The summed E-state index contributed by atoms with van der Waals surface area (Å²) in [5.41, 5.74) is 1.35. The van der Waals surface area contributed by atoms with Crippen molar-refractivity contribution in [2.45, 2.75) is 70.1 Å². The third kappa shape index (κ3) is 5.18. The third-order valence-electron chi connectivity index (χ3n) is 10.5. The van der Waals surface area contributed by atoms with E-state index >= 15 is 4.39 Å². The number of hydrogen-bond donors (Lipinski definition) is 1. The van der Waals surface area contributed by atoms with Gasteiger partial charge < -0.3 is 24.4 Å². The molecule has 7 rings (SSSR count). The summed E-state index contributed by atoms with van der Waals surface area (Å²) in [7, 11) is 0. The summed E-state index contributed by atoms with van der Waals surface area (Å²) in [4.78, 5) is 46.2. The van der Waals surface area contributed by atoms with Gasteiger partial charge in [-0.1, -0.05) is 61.5 Å². The zero-order valence-electron chi connectivity index (χ0n) is 26.9. The maximum absolute atomic E-state index is 16.3. The molecule has 1 N–H and O–H groups in total. The molecular weight excluding hydrogens is 601 g/mol. The number of nitrogens with zero attached hydrogens (tertiary/aromatic N) is 3. The van der Waals surface area contributed by atoms with Crippen molar-refractivity contribution in [3.8, 4) is 0 Å². The summed E-state index contributed by atoms with van der Waals surface area (Å²) in [6.07, 6.45) is -1.03. The normalized spacial score (nSPS) is 27.0. The highest BCUT2D eigenvalue weighted by atomic mass is 19.1. The molecule has 4 heterocycles. The number of aliphatic hydroxyl groups is 1. The summed E-state index contributed by atoms with van der Waals surface area (Å²) in [5.74, 6) is -2.06. The fraction of sp³-hybridized carbons (Fsp3) is 0.432. The predicted molar refractivity (Wildman–Crippen MR) is 173 cm³/mol. The van der Waals surface area contributed by atoms with Crippen molar-refractivity contribution in [2.75, 3.05) is 29.6 Å². The molecule has 4 aliphatic rings. The first-order valence-corrected chi connectivity index (χ1v) is 16.3. The molecule has 2 saturated heterocycles. The first-order valence-electron chi connectivity index (χ1n) is 16.3. The zero-order valence-corrected chi connectivity index (χ0v) is 26.9. The smallest absolute Gasteiger partial charge is 0.414 e. The molecule has 0 aliphatic carbocycles. The molecule has 0 aromatic heterocycles. The lowest BCUT2D eigenvalue weighted by Gasteiger charge is -2.37. The topological polar surface area (TPSA) is 99.6 Å². The van der Waals surface area contributed by atoms with E-state index in [2.05, 4.69) is 0 Å². The van der Waals surface area contributed by atoms with Gasteiger partial charge in [-0.25, -0.2) is 9.18 Å². The Morgan fingerprint density at radius 3 is 2.45 bits per heavy atom. The van der Waals surface area contributed by atoms with Gasteiger partial charge in [0.1, 0.15) is 12.3 Å². The van der Waals surface area contributed by atoms with Gasteiger partial charge in [0.2, 0.25) is 5.91 Å². The van der Waals surface area contributed by atoms with Crippen molar-refractivity contribution in [1.29, 1.82) is 0 Å². The third-order valence-corrected chi connectivity index (χ3v) is 10.5. The molecule has 1 spiro atoms. The Morgan fingerprint density at radius 2 is 1.77 bits per heavy atom. The van der Waals surface area contributed by atoms with Crippen molar-refractivity contribution in [2.24, 2.45) is 11.8 Å².